The van der Waals surface area contributed by atoms with Gasteiger partial charge < -0.3 is 5.32 Å². The summed E-state index contributed by atoms with van der Waals surface area (Å²) in [5.41, 5.74) is 0.302. The molecule has 0 aromatic heterocycles. The van der Waals surface area contributed by atoms with Gasteiger partial charge in [-0.2, -0.15) is 0 Å². The third kappa shape index (κ3) is 4.71. The Hall–Kier alpha value is -0.490. The van der Waals surface area contributed by atoms with Gasteiger partial charge in [-0.05, 0) is 18.7 Å². The van der Waals surface area contributed by atoms with E-state index in [1.54, 1.807) is 18.2 Å². The first-order valence-electron chi connectivity index (χ1n) is 5.11. The molecule has 0 aliphatic rings. The number of nitrogens with one attached hydrogen (secondary N) is 2. The first-order chi connectivity index (χ1) is 7.96. The van der Waals surface area contributed by atoms with E-state index in [4.69, 9.17) is 23.2 Å². The van der Waals surface area contributed by atoms with Crippen LogP contribution in [0.5, 0.6) is 0 Å². The van der Waals surface area contributed by atoms with Crippen molar-refractivity contribution in [2.75, 3.05) is 23.6 Å². The maximum absolute atomic E-state index is 11.7. The van der Waals surface area contributed by atoms with E-state index in [0.29, 0.717) is 17.3 Å². The van der Waals surface area contributed by atoms with Gasteiger partial charge in [0.25, 0.3) is 0 Å². The van der Waals surface area contributed by atoms with E-state index in [0.717, 1.165) is 6.54 Å². The molecular formula is C10H14Cl2N2O2S. The van der Waals surface area contributed by atoms with Gasteiger partial charge >= 0.3 is 0 Å². The fraction of sp³-hybridized carbons (Fsp3) is 0.400. The molecule has 17 heavy (non-hydrogen) atoms. The van der Waals surface area contributed by atoms with E-state index in [1.165, 1.54) is 0 Å². The molecular weight excluding hydrogens is 283 g/mol. The molecule has 0 fully saturated rings. The van der Waals surface area contributed by atoms with Crippen molar-refractivity contribution in [2.24, 2.45) is 0 Å². The Morgan fingerprint density at radius 2 is 2.00 bits per heavy atom. The number of halogens is 2. The van der Waals surface area contributed by atoms with Crippen molar-refractivity contribution in [1.29, 1.82) is 0 Å². The Morgan fingerprint density at radius 1 is 1.29 bits per heavy atom. The topological polar surface area (TPSA) is 58.2 Å². The van der Waals surface area contributed by atoms with Crippen LogP contribution >= 0.6 is 23.2 Å². The van der Waals surface area contributed by atoms with Gasteiger partial charge in [-0.1, -0.05) is 36.2 Å². The van der Waals surface area contributed by atoms with Crippen LogP contribution in [-0.4, -0.2) is 27.3 Å². The van der Waals surface area contributed by atoms with Crippen molar-refractivity contribution in [2.45, 2.75) is 6.92 Å². The molecule has 4 nitrogen and oxygen atoms in total. The van der Waals surface area contributed by atoms with Crippen molar-refractivity contribution in [1.82, 2.24) is 5.32 Å². The molecule has 0 saturated carbocycles. The molecule has 0 heterocycles. The normalized spacial score (nSPS) is 11.5. The second-order valence-corrected chi connectivity index (χ2v) is 6.00. The van der Waals surface area contributed by atoms with Crippen molar-refractivity contribution in [3.05, 3.63) is 28.2 Å². The van der Waals surface area contributed by atoms with Gasteiger partial charge in [0, 0.05) is 6.54 Å². The maximum atomic E-state index is 11.7. The summed E-state index contributed by atoms with van der Waals surface area (Å²) in [6, 6.07) is 4.80. The summed E-state index contributed by atoms with van der Waals surface area (Å²) in [5.74, 6) is -0.0102. The van der Waals surface area contributed by atoms with E-state index in [1.807, 2.05) is 6.92 Å². The molecule has 0 saturated heterocycles. The van der Waals surface area contributed by atoms with Crippen LogP contribution in [0.25, 0.3) is 0 Å². The molecule has 1 aromatic carbocycles. The van der Waals surface area contributed by atoms with Crippen molar-refractivity contribution in [3.63, 3.8) is 0 Å². The van der Waals surface area contributed by atoms with Crippen LogP contribution in [-0.2, 0) is 10.0 Å². The minimum Gasteiger partial charge on any atom is -0.316 e. The summed E-state index contributed by atoms with van der Waals surface area (Å²) in [6.45, 7) is 3.03. The van der Waals surface area contributed by atoms with Crippen LogP contribution < -0.4 is 10.0 Å². The minimum atomic E-state index is -3.40. The molecule has 1 aromatic rings. The molecule has 0 amide bonds. The second kappa shape index (κ2) is 6.44. The molecule has 1 rings (SSSR count). The summed E-state index contributed by atoms with van der Waals surface area (Å²) in [5, 5.41) is 3.47. The fourth-order valence-electron chi connectivity index (χ4n) is 1.18. The highest BCUT2D eigenvalue weighted by molar-refractivity contribution is 7.92. The third-order valence-electron chi connectivity index (χ3n) is 2.01. The fourth-order valence-corrected chi connectivity index (χ4v) is 2.61. The van der Waals surface area contributed by atoms with Crippen LogP contribution in [0.2, 0.25) is 10.0 Å². The number of hydrogen-bond donors (Lipinski definition) is 2. The van der Waals surface area contributed by atoms with E-state index in [-0.39, 0.29) is 10.8 Å². The van der Waals surface area contributed by atoms with Crippen molar-refractivity contribution >= 4 is 38.9 Å². The monoisotopic (exact) mass is 296 g/mol. The number of anilines is 1. The van der Waals surface area contributed by atoms with Gasteiger partial charge in [-0.25, -0.2) is 8.42 Å². The van der Waals surface area contributed by atoms with Crippen LogP contribution in [0.1, 0.15) is 6.92 Å². The SMILES string of the molecule is CCNCCS(=O)(=O)Nc1cccc(Cl)c1Cl. The smallest absolute Gasteiger partial charge is 0.234 e. The minimum absolute atomic E-state index is 0.0102. The maximum Gasteiger partial charge on any atom is 0.234 e. The predicted molar refractivity (Wildman–Crippen MR) is 72.4 cm³/mol. The average molecular weight is 297 g/mol. The number of sulfonamides is 1. The summed E-state index contributed by atoms with van der Waals surface area (Å²) in [4.78, 5) is 0. The number of rotatable bonds is 6. The van der Waals surface area contributed by atoms with Crippen LogP contribution in [0.4, 0.5) is 5.69 Å². The van der Waals surface area contributed by atoms with Crippen LogP contribution in [0, 0.1) is 0 Å². The summed E-state index contributed by atoms with van der Waals surface area (Å²) >= 11 is 11.7. The lowest BCUT2D eigenvalue weighted by Crippen LogP contribution is -2.26. The molecule has 0 aliphatic heterocycles. The lowest BCUT2D eigenvalue weighted by molar-refractivity contribution is 0.597. The average Bonchev–Trinajstić information content (AvgIpc) is 2.25. The molecule has 0 aliphatic carbocycles. The zero-order valence-electron chi connectivity index (χ0n) is 9.33. The first-order valence-corrected chi connectivity index (χ1v) is 7.52. The highest BCUT2D eigenvalue weighted by Crippen LogP contribution is 2.30. The molecule has 7 heteroatoms. The zero-order valence-corrected chi connectivity index (χ0v) is 11.7. The Labute approximate surface area is 111 Å². The van der Waals surface area contributed by atoms with Gasteiger partial charge in [0.15, 0.2) is 0 Å². The zero-order chi connectivity index (χ0) is 12.9. The van der Waals surface area contributed by atoms with E-state index < -0.39 is 10.0 Å². The predicted octanol–water partition coefficient (Wildman–Crippen LogP) is 2.34. The van der Waals surface area contributed by atoms with Crippen molar-refractivity contribution in [3.8, 4) is 0 Å². The lowest BCUT2D eigenvalue weighted by Gasteiger charge is -2.10. The summed E-state index contributed by atoms with van der Waals surface area (Å²) in [7, 11) is -3.40. The van der Waals surface area contributed by atoms with E-state index in [2.05, 4.69) is 10.0 Å². The highest BCUT2D eigenvalue weighted by Gasteiger charge is 2.13. The Morgan fingerprint density at radius 3 is 2.65 bits per heavy atom. The molecule has 96 valence electrons. The van der Waals surface area contributed by atoms with E-state index >= 15 is 0 Å². The largest absolute Gasteiger partial charge is 0.316 e. The second-order valence-electron chi connectivity index (χ2n) is 3.38. The van der Waals surface area contributed by atoms with Crippen molar-refractivity contribution < 1.29 is 8.42 Å². The van der Waals surface area contributed by atoms with Gasteiger partial charge in [-0.15, -0.1) is 0 Å². The van der Waals surface area contributed by atoms with Gasteiger partial charge in [0.05, 0.1) is 21.5 Å². The van der Waals surface area contributed by atoms with Gasteiger partial charge in [0.1, 0.15) is 0 Å². The number of benzene rings is 1. The molecule has 0 spiro atoms. The van der Waals surface area contributed by atoms with Crippen LogP contribution in [0.15, 0.2) is 18.2 Å². The lowest BCUT2D eigenvalue weighted by atomic mass is 10.3. The summed E-state index contributed by atoms with van der Waals surface area (Å²) < 4.78 is 25.8. The molecule has 0 radical (unpaired) electrons. The quantitative estimate of drug-likeness (QED) is 0.792. The highest BCUT2D eigenvalue weighted by atomic mass is 35.5. The first kappa shape index (κ1) is 14.6. The van der Waals surface area contributed by atoms with Gasteiger partial charge in [-0.3, -0.25) is 4.72 Å². The molecule has 0 bridgehead atoms. The third-order valence-corrected chi connectivity index (χ3v) is 4.11. The Bertz CT molecular complexity index is 477. The standard InChI is InChI=1S/C10H14Cl2N2O2S/c1-2-13-6-7-17(15,16)14-9-5-3-4-8(11)10(9)12/h3-5,13-14H,2,6-7H2,1H3. The van der Waals surface area contributed by atoms with Crippen LogP contribution in [0.3, 0.4) is 0 Å². The molecule has 0 atom stereocenters. The van der Waals surface area contributed by atoms with Gasteiger partial charge in [0.2, 0.25) is 10.0 Å². The Balaban J connectivity index is 2.73. The van der Waals surface area contributed by atoms with E-state index in [9.17, 15) is 8.42 Å². The molecule has 0 unspecified atom stereocenters. The Kier molecular flexibility index (Phi) is 5.52. The molecule has 2 N–H and O–H groups in total. The summed E-state index contributed by atoms with van der Waals surface area (Å²) in [6.07, 6.45) is 0. The number of hydrogen-bond acceptors (Lipinski definition) is 3.